The second-order valence-electron chi connectivity index (χ2n) is 3.58. The zero-order valence-electron chi connectivity index (χ0n) is 9.84. The third-order valence-electron chi connectivity index (χ3n) is 1.92. The highest BCUT2D eigenvalue weighted by Crippen LogP contribution is 2.38. The van der Waals surface area contributed by atoms with Crippen LogP contribution in [0.4, 0.5) is 18.9 Å². The lowest BCUT2D eigenvalue weighted by atomic mass is 10.3. The van der Waals surface area contributed by atoms with Crippen LogP contribution < -0.4 is 5.73 Å². The largest absolute Gasteiger partial charge is 0.398 e. The highest BCUT2D eigenvalue weighted by molar-refractivity contribution is 7.99. The molecule has 0 aliphatic heterocycles. The fraction of sp³-hybridized carbons (Fsp3) is 0.273. The average Bonchev–Trinajstić information content (AvgIpc) is 2.30. The van der Waals surface area contributed by atoms with Crippen molar-refractivity contribution in [2.75, 3.05) is 5.75 Å². The fourth-order valence-corrected chi connectivity index (χ4v) is 2.45. The maximum Gasteiger partial charge on any atom is 0.398 e. The Kier molecular flexibility index (Phi) is 5.99. The molecule has 1 aromatic rings. The summed E-state index contributed by atoms with van der Waals surface area (Å²) in [6, 6.07) is 4.40. The number of rotatable bonds is 4. The molecule has 108 valence electrons. The number of nitrogens with zero attached hydrogens (tertiary/aromatic N) is 2. The van der Waals surface area contributed by atoms with Gasteiger partial charge in [-0.25, -0.2) is 4.99 Å². The molecule has 0 bridgehead atoms. The van der Waals surface area contributed by atoms with Gasteiger partial charge in [0.05, 0.1) is 34.0 Å². The standard InChI is InChI=1S/C11H8Cl2F3N3S/c12-6-3-7(13)9(20-5-11(14,15)16)4-8(6)19-10(18)1-2-17/h3-4H,1,5H2,(H2,18,19). The number of hydrogen-bond donors (Lipinski definition) is 1. The Morgan fingerprint density at radius 2 is 2.00 bits per heavy atom. The number of hydrogen-bond acceptors (Lipinski definition) is 3. The van der Waals surface area contributed by atoms with Gasteiger partial charge < -0.3 is 5.73 Å². The molecule has 0 amide bonds. The highest BCUT2D eigenvalue weighted by Gasteiger charge is 2.27. The third-order valence-corrected chi connectivity index (χ3v) is 3.76. The Bertz CT molecular complexity index is 567. The first-order valence-corrected chi connectivity index (χ1v) is 6.85. The van der Waals surface area contributed by atoms with E-state index in [2.05, 4.69) is 4.99 Å². The minimum absolute atomic E-state index is 0.0171. The molecule has 0 radical (unpaired) electrons. The number of halogens is 5. The van der Waals surface area contributed by atoms with Crippen LogP contribution in [0.1, 0.15) is 6.42 Å². The van der Waals surface area contributed by atoms with Gasteiger partial charge in [0.1, 0.15) is 5.84 Å². The third kappa shape index (κ3) is 5.49. The molecule has 1 aromatic carbocycles. The second kappa shape index (κ2) is 7.07. The van der Waals surface area contributed by atoms with Gasteiger partial charge in [-0.15, -0.1) is 11.8 Å². The lowest BCUT2D eigenvalue weighted by Gasteiger charge is -2.09. The summed E-state index contributed by atoms with van der Waals surface area (Å²) in [5.41, 5.74) is 5.64. The molecule has 0 saturated carbocycles. The molecule has 9 heteroatoms. The van der Waals surface area contributed by atoms with Crippen LogP contribution in [-0.4, -0.2) is 17.8 Å². The molecule has 3 nitrogen and oxygen atoms in total. The summed E-state index contributed by atoms with van der Waals surface area (Å²) >= 11 is 12.2. The molecule has 0 aliphatic carbocycles. The number of aliphatic imine (C=N–C) groups is 1. The molecular weight excluding hydrogens is 334 g/mol. The van der Waals surface area contributed by atoms with Gasteiger partial charge in [0.15, 0.2) is 0 Å². The van der Waals surface area contributed by atoms with Crippen molar-refractivity contribution < 1.29 is 13.2 Å². The van der Waals surface area contributed by atoms with Gasteiger partial charge in [-0.3, -0.25) is 0 Å². The van der Waals surface area contributed by atoms with E-state index in [9.17, 15) is 13.2 Å². The summed E-state index contributed by atoms with van der Waals surface area (Å²) < 4.78 is 36.6. The van der Waals surface area contributed by atoms with E-state index in [4.69, 9.17) is 34.2 Å². The molecule has 20 heavy (non-hydrogen) atoms. The first kappa shape index (κ1) is 17.0. The zero-order chi connectivity index (χ0) is 15.3. The minimum atomic E-state index is -4.31. The highest BCUT2D eigenvalue weighted by atomic mass is 35.5. The number of alkyl halides is 3. The van der Waals surface area contributed by atoms with Gasteiger partial charge in [-0.2, -0.15) is 18.4 Å². The van der Waals surface area contributed by atoms with Gasteiger partial charge in [-0.1, -0.05) is 23.2 Å². The van der Waals surface area contributed by atoms with Gasteiger partial charge in [0.2, 0.25) is 0 Å². The quantitative estimate of drug-likeness (QED) is 0.496. The van der Waals surface area contributed by atoms with E-state index in [0.29, 0.717) is 11.8 Å². The van der Waals surface area contributed by atoms with Crippen molar-refractivity contribution in [2.24, 2.45) is 10.7 Å². The number of nitriles is 1. The zero-order valence-corrected chi connectivity index (χ0v) is 12.2. The van der Waals surface area contributed by atoms with Crippen LogP contribution >= 0.6 is 35.0 Å². The SMILES string of the molecule is N#CC/C(N)=N/c1cc(SCC(F)(F)F)c(Cl)cc1Cl. The number of amidine groups is 1. The molecule has 0 heterocycles. The van der Waals surface area contributed by atoms with Crippen molar-refractivity contribution in [3.05, 3.63) is 22.2 Å². The maximum absolute atomic E-state index is 12.2. The molecule has 0 saturated heterocycles. The average molecular weight is 342 g/mol. The lowest BCUT2D eigenvalue weighted by molar-refractivity contribution is -0.105. The molecule has 0 spiro atoms. The topological polar surface area (TPSA) is 62.2 Å². The van der Waals surface area contributed by atoms with Gasteiger partial charge >= 0.3 is 6.18 Å². The first-order chi connectivity index (χ1) is 9.23. The summed E-state index contributed by atoms with van der Waals surface area (Å²) in [7, 11) is 0. The van der Waals surface area contributed by atoms with Crippen LogP contribution in [0, 0.1) is 11.3 Å². The monoisotopic (exact) mass is 341 g/mol. The van der Waals surface area contributed by atoms with E-state index < -0.39 is 11.9 Å². The fourth-order valence-electron chi connectivity index (χ4n) is 1.15. The normalized spacial score (nSPS) is 12.3. The van der Waals surface area contributed by atoms with Crippen molar-refractivity contribution in [1.82, 2.24) is 0 Å². The maximum atomic E-state index is 12.2. The summed E-state index contributed by atoms with van der Waals surface area (Å²) in [4.78, 5) is 4.07. The van der Waals surface area contributed by atoms with Crippen molar-refractivity contribution in [2.45, 2.75) is 17.5 Å². The molecule has 0 unspecified atom stereocenters. The van der Waals surface area contributed by atoms with E-state index in [0.717, 1.165) is 0 Å². The summed E-state index contributed by atoms with van der Waals surface area (Å²) in [6.07, 6.45) is -4.42. The number of benzene rings is 1. The van der Waals surface area contributed by atoms with Crippen molar-refractivity contribution in [3.8, 4) is 6.07 Å². The second-order valence-corrected chi connectivity index (χ2v) is 5.41. The number of thioether (sulfide) groups is 1. The molecule has 0 atom stereocenters. The van der Waals surface area contributed by atoms with Crippen molar-refractivity contribution >= 4 is 46.5 Å². The molecular formula is C11H8Cl2F3N3S. The van der Waals surface area contributed by atoms with Gasteiger partial charge in [0, 0.05) is 4.90 Å². The van der Waals surface area contributed by atoms with Crippen molar-refractivity contribution in [1.29, 1.82) is 5.26 Å². The van der Waals surface area contributed by atoms with Gasteiger partial charge in [0.25, 0.3) is 0 Å². The van der Waals surface area contributed by atoms with E-state index in [-0.39, 0.29) is 32.9 Å². The van der Waals surface area contributed by atoms with E-state index in [1.54, 1.807) is 6.07 Å². The smallest absolute Gasteiger partial charge is 0.386 e. The first-order valence-electron chi connectivity index (χ1n) is 5.11. The molecule has 0 fully saturated rings. The molecule has 2 N–H and O–H groups in total. The molecule has 0 aliphatic rings. The van der Waals surface area contributed by atoms with E-state index >= 15 is 0 Å². The Balaban J connectivity index is 3.04. The van der Waals surface area contributed by atoms with E-state index in [1.807, 2.05) is 0 Å². The summed E-state index contributed by atoms with van der Waals surface area (Å²) in [5.74, 6) is -1.06. The number of nitrogens with two attached hydrogens (primary N) is 1. The van der Waals surface area contributed by atoms with Crippen LogP contribution in [0.5, 0.6) is 0 Å². The van der Waals surface area contributed by atoms with Crippen LogP contribution in [0.25, 0.3) is 0 Å². The predicted octanol–water partition coefficient (Wildman–Crippen LogP) is 4.55. The van der Waals surface area contributed by atoms with Crippen molar-refractivity contribution in [3.63, 3.8) is 0 Å². The van der Waals surface area contributed by atoms with Crippen LogP contribution in [0.3, 0.4) is 0 Å². The Labute approximate surface area is 127 Å². The molecule has 1 rings (SSSR count). The van der Waals surface area contributed by atoms with Gasteiger partial charge in [-0.05, 0) is 12.1 Å². The lowest BCUT2D eigenvalue weighted by Crippen LogP contribution is -2.10. The predicted molar refractivity (Wildman–Crippen MR) is 74.8 cm³/mol. The van der Waals surface area contributed by atoms with Crippen LogP contribution in [0.15, 0.2) is 22.0 Å². The van der Waals surface area contributed by atoms with E-state index in [1.165, 1.54) is 12.1 Å². The molecule has 0 aromatic heterocycles. The Morgan fingerprint density at radius 1 is 1.35 bits per heavy atom. The Morgan fingerprint density at radius 3 is 2.55 bits per heavy atom. The summed E-state index contributed by atoms with van der Waals surface area (Å²) in [5, 5.41) is 8.71. The Hall–Kier alpha value is -1.10. The van der Waals surface area contributed by atoms with Crippen LogP contribution in [0.2, 0.25) is 10.0 Å². The summed E-state index contributed by atoms with van der Waals surface area (Å²) in [6.45, 7) is 0. The minimum Gasteiger partial charge on any atom is -0.386 e. The van der Waals surface area contributed by atoms with Crippen LogP contribution in [-0.2, 0) is 0 Å².